The van der Waals surface area contributed by atoms with Gasteiger partial charge in [-0.05, 0) is 54.4 Å². The van der Waals surface area contributed by atoms with Gasteiger partial charge in [0.25, 0.3) is 11.7 Å². The average Bonchev–Trinajstić information content (AvgIpc) is 3.01. The molecule has 4 rings (SSSR count). The van der Waals surface area contributed by atoms with Crippen molar-refractivity contribution in [1.29, 1.82) is 0 Å². The van der Waals surface area contributed by atoms with Crippen LogP contribution in [-0.2, 0) is 9.59 Å². The van der Waals surface area contributed by atoms with E-state index < -0.39 is 17.7 Å². The van der Waals surface area contributed by atoms with Crippen LogP contribution in [0.25, 0.3) is 5.76 Å². The predicted octanol–water partition coefficient (Wildman–Crippen LogP) is 5.09. The molecule has 1 aliphatic heterocycles. The monoisotopic (exact) mass is 463 g/mol. The highest BCUT2D eigenvalue weighted by Gasteiger charge is 2.47. The summed E-state index contributed by atoms with van der Waals surface area (Å²) in [6.07, 6.45) is 0. The number of carbonyl (C=O) groups excluding carboxylic acids is 2. The summed E-state index contributed by atoms with van der Waals surface area (Å²) in [7, 11) is 0. The van der Waals surface area contributed by atoms with Gasteiger partial charge in [0.1, 0.15) is 11.5 Å². The van der Waals surface area contributed by atoms with Gasteiger partial charge in [0.15, 0.2) is 0 Å². The van der Waals surface area contributed by atoms with Crippen LogP contribution in [0.5, 0.6) is 5.75 Å². The van der Waals surface area contributed by atoms with Crippen LogP contribution >= 0.6 is 15.9 Å². The van der Waals surface area contributed by atoms with E-state index in [1.54, 1.807) is 54.6 Å². The van der Waals surface area contributed by atoms with Gasteiger partial charge < -0.3 is 10.2 Å². The highest BCUT2D eigenvalue weighted by molar-refractivity contribution is 9.10. The minimum absolute atomic E-state index is 0.00522. The molecular weight excluding hydrogens is 446 g/mol. The van der Waals surface area contributed by atoms with Crippen LogP contribution in [0.1, 0.15) is 22.7 Å². The minimum atomic E-state index is -0.872. The van der Waals surface area contributed by atoms with Crippen molar-refractivity contribution >= 4 is 39.1 Å². The van der Waals surface area contributed by atoms with Crippen LogP contribution in [0.2, 0.25) is 0 Å². The fourth-order valence-electron chi connectivity index (χ4n) is 3.65. The number of halogens is 1. The fraction of sp³-hybridized carbons (Fsp3) is 0.0833. The first-order chi connectivity index (χ1) is 14.4. The maximum atomic E-state index is 13.0. The second kappa shape index (κ2) is 7.80. The van der Waals surface area contributed by atoms with Crippen LogP contribution in [0, 0.1) is 6.92 Å². The molecule has 3 aromatic rings. The molecule has 0 saturated carbocycles. The Balaban J connectivity index is 1.96. The lowest BCUT2D eigenvalue weighted by Crippen LogP contribution is -2.29. The first-order valence-electron chi connectivity index (χ1n) is 9.30. The number of para-hydroxylation sites is 1. The number of hydrogen-bond acceptors (Lipinski definition) is 4. The molecule has 2 N–H and O–H groups in total. The smallest absolute Gasteiger partial charge is 0.300 e. The van der Waals surface area contributed by atoms with E-state index in [0.717, 1.165) is 10.0 Å². The Morgan fingerprint density at radius 2 is 1.70 bits per heavy atom. The molecule has 6 heteroatoms. The zero-order valence-corrected chi connectivity index (χ0v) is 17.6. The third kappa shape index (κ3) is 3.39. The van der Waals surface area contributed by atoms with E-state index in [2.05, 4.69) is 15.9 Å². The molecule has 0 aromatic heterocycles. The number of aliphatic hydroxyl groups is 1. The SMILES string of the molecule is Cc1cc(/C(O)=C2/C(=O)C(=O)N(c3ccccc3)C2c2cccc(O)c2)ccc1Br. The summed E-state index contributed by atoms with van der Waals surface area (Å²) in [5, 5.41) is 21.1. The molecule has 1 fully saturated rings. The molecule has 30 heavy (non-hydrogen) atoms. The van der Waals surface area contributed by atoms with Gasteiger partial charge >= 0.3 is 0 Å². The molecule has 1 unspecified atom stereocenters. The number of carbonyl (C=O) groups is 2. The zero-order valence-electron chi connectivity index (χ0n) is 16.0. The second-order valence-electron chi connectivity index (χ2n) is 7.06. The summed E-state index contributed by atoms with van der Waals surface area (Å²) >= 11 is 3.43. The lowest BCUT2D eigenvalue weighted by atomic mass is 9.94. The number of phenolic OH excluding ortho intramolecular Hbond substituents is 1. The number of aryl methyl sites for hydroxylation is 1. The number of ketones is 1. The molecule has 1 saturated heterocycles. The summed E-state index contributed by atoms with van der Waals surface area (Å²) < 4.78 is 0.869. The molecule has 1 aliphatic rings. The number of phenols is 1. The summed E-state index contributed by atoms with van der Waals surface area (Å²) in [5.41, 5.74) is 2.35. The summed E-state index contributed by atoms with van der Waals surface area (Å²) in [6.45, 7) is 1.87. The highest BCUT2D eigenvalue weighted by atomic mass is 79.9. The number of aromatic hydroxyl groups is 1. The van der Waals surface area contributed by atoms with E-state index >= 15 is 0 Å². The van der Waals surface area contributed by atoms with Crippen molar-refractivity contribution in [1.82, 2.24) is 0 Å². The van der Waals surface area contributed by atoms with E-state index in [9.17, 15) is 19.8 Å². The normalized spacial score (nSPS) is 18.1. The number of rotatable bonds is 3. The number of aliphatic hydroxyl groups excluding tert-OH is 1. The van der Waals surface area contributed by atoms with Crippen molar-refractivity contribution in [3.63, 3.8) is 0 Å². The molecule has 3 aromatic carbocycles. The first-order valence-corrected chi connectivity index (χ1v) is 10.1. The second-order valence-corrected chi connectivity index (χ2v) is 7.92. The van der Waals surface area contributed by atoms with Gasteiger partial charge in [-0.15, -0.1) is 0 Å². The Hall–Kier alpha value is -3.38. The molecule has 5 nitrogen and oxygen atoms in total. The largest absolute Gasteiger partial charge is 0.508 e. The van der Waals surface area contributed by atoms with Crippen molar-refractivity contribution in [3.05, 3.63) is 99.5 Å². The number of amides is 1. The van der Waals surface area contributed by atoms with Crippen LogP contribution in [0.15, 0.2) is 82.8 Å². The molecule has 150 valence electrons. The molecule has 1 amide bonds. The van der Waals surface area contributed by atoms with Crippen molar-refractivity contribution in [2.75, 3.05) is 4.90 Å². The van der Waals surface area contributed by atoms with E-state index in [4.69, 9.17) is 0 Å². The van der Waals surface area contributed by atoms with Crippen LogP contribution in [0.3, 0.4) is 0 Å². The number of anilines is 1. The summed E-state index contributed by atoms with van der Waals surface area (Å²) in [5.74, 6) is -1.75. The third-order valence-corrected chi connectivity index (χ3v) is 5.99. The Bertz CT molecular complexity index is 1190. The number of Topliss-reactive ketones (excluding diaryl/α,β-unsaturated/α-hetero) is 1. The topological polar surface area (TPSA) is 77.8 Å². The highest BCUT2D eigenvalue weighted by Crippen LogP contribution is 2.42. The first kappa shape index (κ1) is 19.9. The number of nitrogens with zero attached hydrogens (tertiary/aromatic N) is 1. The number of hydrogen-bond donors (Lipinski definition) is 2. The molecule has 0 radical (unpaired) electrons. The standard InChI is InChI=1S/C24H18BrNO4/c1-14-12-16(10-11-19(14)25)22(28)20-21(15-6-5-9-18(27)13-15)26(24(30)23(20)29)17-7-3-2-4-8-17/h2-13,21,27-28H,1H3/b22-20-. The van der Waals surface area contributed by atoms with E-state index in [0.29, 0.717) is 16.8 Å². The zero-order chi connectivity index (χ0) is 21.4. The molecule has 1 atom stereocenters. The third-order valence-electron chi connectivity index (χ3n) is 5.10. The maximum Gasteiger partial charge on any atom is 0.300 e. The lowest BCUT2D eigenvalue weighted by Gasteiger charge is -2.25. The molecule has 0 spiro atoms. The van der Waals surface area contributed by atoms with Crippen molar-refractivity contribution < 1.29 is 19.8 Å². The van der Waals surface area contributed by atoms with Crippen molar-refractivity contribution in [3.8, 4) is 5.75 Å². The van der Waals surface area contributed by atoms with Gasteiger partial charge in [-0.2, -0.15) is 0 Å². The quantitative estimate of drug-likeness (QED) is 0.322. The number of benzene rings is 3. The van der Waals surface area contributed by atoms with E-state index in [1.807, 2.05) is 13.0 Å². The van der Waals surface area contributed by atoms with Crippen molar-refractivity contribution in [2.45, 2.75) is 13.0 Å². The minimum Gasteiger partial charge on any atom is -0.508 e. The summed E-state index contributed by atoms with van der Waals surface area (Å²) in [4.78, 5) is 27.4. The molecular formula is C24H18BrNO4. The predicted molar refractivity (Wildman–Crippen MR) is 118 cm³/mol. The lowest BCUT2D eigenvalue weighted by molar-refractivity contribution is -0.132. The Morgan fingerprint density at radius 3 is 2.37 bits per heavy atom. The maximum absolute atomic E-state index is 13.0. The van der Waals surface area contributed by atoms with E-state index in [-0.39, 0.29) is 17.1 Å². The molecule has 1 heterocycles. The van der Waals surface area contributed by atoms with Gasteiger partial charge in [-0.25, -0.2) is 0 Å². The fourth-order valence-corrected chi connectivity index (χ4v) is 3.89. The van der Waals surface area contributed by atoms with Crippen LogP contribution in [-0.4, -0.2) is 21.9 Å². The van der Waals surface area contributed by atoms with E-state index in [1.165, 1.54) is 17.0 Å². The van der Waals surface area contributed by atoms with Gasteiger partial charge in [0, 0.05) is 15.7 Å². The average molecular weight is 464 g/mol. The Labute approximate surface area is 182 Å². The van der Waals surface area contributed by atoms with Gasteiger partial charge in [-0.1, -0.05) is 52.3 Å². The van der Waals surface area contributed by atoms with Gasteiger partial charge in [0.05, 0.1) is 11.6 Å². The van der Waals surface area contributed by atoms with Crippen molar-refractivity contribution in [2.24, 2.45) is 0 Å². The molecule has 0 bridgehead atoms. The van der Waals surface area contributed by atoms with Gasteiger partial charge in [0.2, 0.25) is 0 Å². The van der Waals surface area contributed by atoms with Crippen LogP contribution < -0.4 is 4.90 Å². The summed E-state index contributed by atoms with van der Waals surface area (Å²) in [6, 6.07) is 19.5. The van der Waals surface area contributed by atoms with Crippen LogP contribution in [0.4, 0.5) is 5.69 Å². The van der Waals surface area contributed by atoms with Gasteiger partial charge in [-0.3, -0.25) is 14.5 Å². The Morgan fingerprint density at radius 1 is 0.967 bits per heavy atom. The molecule has 0 aliphatic carbocycles. The Kier molecular flexibility index (Phi) is 5.18.